The van der Waals surface area contributed by atoms with Crippen LogP contribution < -0.4 is 0 Å². The molecule has 0 unspecified atom stereocenters. The van der Waals surface area contributed by atoms with Gasteiger partial charge in [0, 0.05) is 37.3 Å². The highest BCUT2D eigenvalue weighted by Crippen LogP contribution is 2.25. The minimum Gasteiger partial charge on any atom is -0.337 e. The Kier molecular flexibility index (Phi) is 5.83. The molecular weight excluding hydrogens is 391 g/mol. The molecule has 0 atom stereocenters. The van der Waals surface area contributed by atoms with Crippen molar-refractivity contribution < 1.29 is 17.6 Å². The number of rotatable bonds is 5. The Morgan fingerprint density at radius 2 is 1.89 bits per heavy atom. The van der Waals surface area contributed by atoms with Crippen LogP contribution in [0.3, 0.4) is 0 Å². The maximum Gasteiger partial charge on any atom is 0.253 e. The van der Waals surface area contributed by atoms with Crippen LogP contribution in [-0.4, -0.2) is 43.7 Å². The molecule has 0 spiro atoms. The van der Waals surface area contributed by atoms with E-state index in [0.29, 0.717) is 24.7 Å². The number of sulfonamides is 1. The number of amides is 1. The SMILES string of the molecule is CN(Cc1cccc(Cl)c1)C(=O)c1ccc(F)c(S(=O)(=O)N2CCCC2)c1. The third-order valence-corrected chi connectivity index (χ3v) is 6.67. The topological polar surface area (TPSA) is 57.7 Å². The Balaban J connectivity index is 1.85. The highest BCUT2D eigenvalue weighted by Gasteiger charge is 2.30. The van der Waals surface area contributed by atoms with E-state index in [9.17, 15) is 17.6 Å². The molecule has 8 heteroatoms. The van der Waals surface area contributed by atoms with Gasteiger partial charge in [-0.25, -0.2) is 12.8 Å². The predicted octanol–water partition coefficient (Wildman–Crippen LogP) is 3.54. The molecule has 1 saturated heterocycles. The molecule has 0 bridgehead atoms. The average Bonchev–Trinajstić information content (AvgIpc) is 3.17. The first-order chi connectivity index (χ1) is 12.8. The van der Waals surface area contributed by atoms with Crippen LogP contribution >= 0.6 is 11.6 Å². The van der Waals surface area contributed by atoms with Gasteiger partial charge in [0.1, 0.15) is 10.7 Å². The number of carbonyl (C=O) groups excluding carboxylic acids is 1. The average molecular weight is 411 g/mol. The van der Waals surface area contributed by atoms with Crippen LogP contribution in [0.2, 0.25) is 5.02 Å². The van der Waals surface area contributed by atoms with E-state index in [1.807, 2.05) is 6.07 Å². The lowest BCUT2D eigenvalue weighted by molar-refractivity contribution is 0.0784. The quantitative estimate of drug-likeness (QED) is 0.757. The summed E-state index contributed by atoms with van der Waals surface area (Å²) in [6.45, 7) is 1.04. The maximum atomic E-state index is 14.2. The predicted molar refractivity (Wildman–Crippen MR) is 102 cm³/mol. The largest absolute Gasteiger partial charge is 0.337 e. The van der Waals surface area contributed by atoms with E-state index in [-0.39, 0.29) is 5.56 Å². The molecule has 1 amide bonds. The van der Waals surface area contributed by atoms with Gasteiger partial charge in [-0.2, -0.15) is 4.31 Å². The Hall–Kier alpha value is -1.96. The van der Waals surface area contributed by atoms with Gasteiger partial charge >= 0.3 is 0 Å². The lowest BCUT2D eigenvalue weighted by atomic mass is 10.1. The second kappa shape index (κ2) is 7.96. The summed E-state index contributed by atoms with van der Waals surface area (Å²) in [6.07, 6.45) is 1.50. The Morgan fingerprint density at radius 1 is 1.19 bits per heavy atom. The zero-order chi connectivity index (χ0) is 19.6. The number of hydrogen-bond acceptors (Lipinski definition) is 3. The minimum absolute atomic E-state index is 0.124. The standard InChI is InChI=1S/C19H20ClFN2O3S/c1-22(13-14-5-4-6-16(20)11-14)19(24)15-7-8-17(21)18(12-15)27(25,26)23-9-2-3-10-23/h4-8,11-12H,2-3,9-10,13H2,1H3. The van der Waals surface area contributed by atoms with Crippen LogP contribution in [0.4, 0.5) is 4.39 Å². The number of hydrogen-bond donors (Lipinski definition) is 0. The van der Waals surface area contributed by atoms with Gasteiger partial charge in [-0.15, -0.1) is 0 Å². The molecule has 1 fully saturated rings. The van der Waals surface area contributed by atoms with Gasteiger partial charge in [0.05, 0.1) is 0 Å². The molecule has 3 rings (SSSR count). The van der Waals surface area contributed by atoms with Crippen molar-refractivity contribution in [1.82, 2.24) is 9.21 Å². The number of nitrogens with zero attached hydrogens (tertiary/aromatic N) is 2. The molecule has 2 aromatic rings. The first-order valence-electron chi connectivity index (χ1n) is 8.58. The number of carbonyl (C=O) groups is 1. The van der Waals surface area contributed by atoms with Crippen LogP contribution in [0.1, 0.15) is 28.8 Å². The van der Waals surface area contributed by atoms with Gasteiger partial charge in [-0.1, -0.05) is 23.7 Å². The van der Waals surface area contributed by atoms with E-state index in [1.54, 1.807) is 25.2 Å². The minimum atomic E-state index is -3.95. The summed E-state index contributed by atoms with van der Waals surface area (Å²) < 4.78 is 40.8. The van der Waals surface area contributed by atoms with Gasteiger partial charge in [-0.05, 0) is 48.7 Å². The molecule has 0 N–H and O–H groups in total. The van der Waals surface area contributed by atoms with Crippen LogP contribution in [-0.2, 0) is 16.6 Å². The van der Waals surface area contributed by atoms with E-state index in [0.717, 1.165) is 30.5 Å². The Morgan fingerprint density at radius 3 is 2.56 bits per heavy atom. The molecule has 0 aliphatic carbocycles. The molecule has 0 radical (unpaired) electrons. The van der Waals surface area contributed by atoms with Gasteiger partial charge in [0.2, 0.25) is 10.0 Å². The molecule has 1 aliphatic heterocycles. The van der Waals surface area contributed by atoms with Crippen molar-refractivity contribution in [1.29, 1.82) is 0 Å². The maximum absolute atomic E-state index is 14.2. The number of halogens is 2. The summed E-state index contributed by atoms with van der Waals surface area (Å²) in [5.74, 6) is -1.25. The van der Waals surface area contributed by atoms with Crippen molar-refractivity contribution in [2.24, 2.45) is 0 Å². The van der Waals surface area contributed by atoms with Crippen LogP contribution in [0.15, 0.2) is 47.4 Å². The summed E-state index contributed by atoms with van der Waals surface area (Å²) in [6, 6.07) is 10.6. The van der Waals surface area contributed by atoms with Crippen LogP contribution in [0, 0.1) is 5.82 Å². The summed E-state index contributed by atoms with van der Waals surface area (Å²) in [7, 11) is -2.35. The molecule has 1 aliphatic rings. The molecule has 5 nitrogen and oxygen atoms in total. The third-order valence-electron chi connectivity index (χ3n) is 4.52. The van der Waals surface area contributed by atoms with E-state index in [1.165, 1.54) is 15.3 Å². The van der Waals surface area contributed by atoms with E-state index >= 15 is 0 Å². The van der Waals surface area contributed by atoms with Gasteiger partial charge < -0.3 is 4.90 Å². The second-order valence-electron chi connectivity index (χ2n) is 6.55. The lowest BCUT2D eigenvalue weighted by Gasteiger charge is -2.19. The fourth-order valence-electron chi connectivity index (χ4n) is 3.10. The van der Waals surface area contributed by atoms with E-state index in [4.69, 9.17) is 11.6 Å². The van der Waals surface area contributed by atoms with Crippen molar-refractivity contribution in [3.05, 3.63) is 64.4 Å². The highest BCUT2D eigenvalue weighted by molar-refractivity contribution is 7.89. The van der Waals surface area contributed by atoms with E-state index in [2.05, 4.69) is 0 Å². The molecule has 144 valence electrons. The Labute approximate surface area is 163 Å². The van der Waals surface area contributed by atoms with Crippen molar-refractivity contribution in [2.45, 2.75) is 24.3 Å². The monoisotopic (exact) mass is 410 g/mol. The van der Waals surface area contributed by atoms with Gasteiger partial charge in [0.25, 0.3) is 5.91 Å². The second-order valence-corrected chi connectivity index (χ2v) is 8.89. The number of benzene rings is 2. The first kappa shape index (κ1) is 19.8. The lowest BCUT2D eigenvalue weighted by Crippen LogP contribution is -2.30. The van der Waals surface area contributed by atoms with E-state index < -0.39 is 26.6 Å². The molecule has 27 heavy (non-hydrogen) atoms. The zero-order valence-electron chi connectivity index (χ0n) is 14.9. The van der Waals surface area contributed by atoms with Gasteiger partial charge in [0.15, 0.2) is 0 Å². The highest BCUT2D eigenvalue weighted by atomic mass is 35.5. The normalized spacial score (nSPS) is 15.1. The fourth-order valence-corrected chi connectivity index (χ4v) is 4.92. The van der Waals surface area contributed by atoms with Crippen molar-refractivity contribution >= 4 is 27.5 Å². The third kappa shape index (κ3) is 4.31. The summed E-state index contributed by atoms with van der Waals surface area (Å²) >= 11 is 5.96. The first-order valence-corrected chi connectivity index (χ1v) is 10.4. The van der Waals surface area contributed by atoms with Crippen molar-refractivity contribution in [2.75, 3.05) is 20.1 Å². The molecular formula is C19H20ClFN2O3S. The van der Waals surface area contributed by atoms with Crippen molar-refractivity contribution in [3.63, 3.8) is 0 Å². The smallest absolute Gasteiger partial charge is 0.253 e. The Bertz CT molecular complexity index is 959. The van der Waals surface area contributed by atoms with Gasteiger partial charge in [-0.3, -0.25) is 4.79 Å². The molecule has 2 aromatic carbocycles. The summed E-state index contributed by atoms with van der Waals surface area (Å²) in [5.41, 5.74) is 0.962. The van der Waals surface area contributed by atoms with Crippen LogP contribution in [0.25, 0.3) is 0 Å². The summed E-state index contributed by atoms with van der Waals surface area (Å²) in [5, 5.41) is 0.564. The molecule has 0 saturated carbocycles. The van der Waals surface area contributed by atoms with Crippen LogP contribution in [0.5, 0.6) is 0 Å². The molecule has 1 heterocycles. The fraction of sp³-hybridized carbons (Fsp3) is 0.316. The molecule has 0 aromatic heterocycles. The zero-order valence-corrected chi connectivity index (χ0v) is 16.4. The summed E-state index contributed by atoms with van der Waals surface area (Å²) in [4.78, 5) is 13.7. The van der Waals surface area contributed by atoms with Crippen molar-refractivity contribution in [3.8, 4) is 0 Å².